The summed E-state index contributed by atoms with van der Waals surface area (Å²) in [4.78, 5) is 64.1. The molecule has 0 bridgehead atoms. The van der Waals surface area contributed by atoms with E-state index >= 15 is 0 Å². The standard InChI is InChI=1S/C28H30N2O10/c1-16(31)30-25-27(38-19(4)34)26(37-18(3)33)24(15-36-17(2)32)40-28(25)39-23-8-6-5-7-21(23)9-10-22(35)20-11-13-29-14-12-20/h5-14,24-28H,15H2,1-4H3,(H,30,31)/b10-9-/t24-,25+,26-,27-,28-/m1/s1. The van der Waals surface area contributed by atoms with Crippen LogP contribution in [0.5, 0.6) is 5.75 Å². The van der Waals surface area contributed by atoms with Crippen LogP contribution < -0.4 is 10.1 Å². The van der Waals surface area contributed by atoms with Gasteiger partial charge < -0.3 is 29.0 Å². The smallest absolute Gasteiger partial charge is 0.303 e. The fraction of sp³-hybridized carbons (Fsp3) is 0.357. The maximum atomic E-state index is 12.6. The van der Waals surface area contributed by atoms with Gasteiger partial charge in [-0.15, -0.1) is 0 Å². The number of carbonyl (C=O) groups excluding carboxylic acids is 5. The third kappa shape index (κ3) is 8.46. The zero-order valence-corrected chi connectivity index (χ0v) is 22.4. The van der Waals surface area contributed by atoms with Crippen LogP contribution in [-0.4, -0.2) is 71.8 Å². The molecule has 2 aromatic rings. The van der Waals surface area contributed by atoms with Crippen LogP contribution in [0.4, 0.5) is 0 Å². The highest BCUT2D eigenvalue weighted by Gasteiger charge is 2.52. The van der Waals surface area contributed by atoms with Crippen molar-refractivity contribution in [2.45, 2.75) is 58.3 Å². The van der Waals surface area contributed by atoms with Gasteiger partial charge in [-0.1, -0.05) is 18.2 Å². The van der Waals surface area contributed by atoms with E-state index in [4.69, 9.17) is 23.7 Å². The van der Waals surface area contributed by atoms with Gasteiger partial charge in [0.2, 0.25) is 12.2 Å². The maximum absolute atomic E-state index is 12.6. The number of para-hydroxylation sites is 1. The van der Waals surface area contributed by atoms with Crippen LogP contribution in [0.1, 0.15) is 43.6 Å². The number of ether oxygens (including phenoxy) is 5. The number of ketones is 1. The molecule has 40 heavy (non-hydrogen) atoms. The van der Waals surface area contributed by atoms with Crippen molar-refractivity contribution in [2.75, 3.05) is 6.61 Å². The van der Waals surface area contributed by atoms with Crippen molar-refractivity contribution >= 4 is 35.7 Å². The summed E-state index contributed by atoms with van der Waals surface area (Å²) in [6.45, 7) is 4.38. The lowest BCUT2D eigenvalue weighted by atomic mass is 9.96. The minimum Gasteiger partial charge on any atom is -0.463 e. The Morgan fingerprint density at radius 1 is 0.900 bits per heavy atom. The Bertz CT molecular complexity index is 1260. The molecule has 3 rings (SSSR count). The fourth-order valence-corrected chi connectivity index (χ4v) is 4.02. The van der Waals surface area contributed by atoms with Crippen molar-refractivity contribution < 1.29 is 47.7 Å². The summed E-state index contributed by atoms with van der Waals surface area (Å²) >= 11 is 0. The molecule has 1 aliphatic rings. The molecule has 2 heterocycles. The number of nitrogens with one attached hydrogen (secondary N) is 1. The molecule has 1 fully saturated rings. The van der Waals surface area contributed by atoms with E-state index in [0.29, 0.717) is 11.1 Å². The molecule has 1 N–H and O–H groups in total. The zero-order chi connectivity index (χ0) is 29.2. The topological polar surface area (TPSA) is 156 Å². The van der Waals surface area contributed by atoms with E-state index < -0.39 is 54.5 Å². The number of allylic oxidation sites excluding steroid dienone is 1. The lowest BCUT2D eigenvalue weighted by Crippen LogP contribution is -2.67. The summed E-state index contributed by atoms with van der Waals surface area (Å²) in [7, 11) is 0. The van der Waals surface area contributed by atoms with Gasteiger partial charge in [0.15, 0.2) is 18.0 Å². The summed E-state index contributed by atoms with van der Waals surface area (Å²) in [5.74, 6) is -2.56. The van der Waals surface area contributed by atoms with Crippen LogP contribution in [0.25, 0.3) is 6.08 Å². The Hall–Kier alpha value is -4.58. The van der Waals surface area contributed by atoms with Crippen molar-refractivity contribution in [3.63, 3.8) is 0 Å². The van der Waals surface area contributed by atoms with E-state index in [2.05, 4.69) is 10.3 Å². The minimum absolute atomic E-state index is 0.261. The van der Waals surface area contributed by atoms with Gasteiger partial charge >= 0.3 is 17.9 Å². The molecule has 0 saturated carbocycles. The third-order valence-corrected chi connectivity index (χ3v) is 5.61. The molecule has 1 amide bonds. The van der Waals surface area contributed by atoms with Crippen molar-refractivity contribution in [3.05, 3.63) is 66.0 Å². The Labute approximate surface area is 230 Å². The first kappa shape index (κ1) is 30.0. The second kappa shape index (κ2) is 14.0. The van der Waals surface area contributed by atoms with E-state index in [9.17, 15) is 24.0 Å². The third-order valence-electron chi connectivity index (χ3n) is 5.61. The molecule has 0 spiro atoms. The van der Waals surface area contributed by atoms with Gasteiger partial charge in [0, 0.05) is 51.2 Å². The number of aromatic nitrogens is 1. The minimum atomic E-state index is -1.30. The molecule has 0 unspecified atom stereocenters. The lowest BCUT2D eigenvalue weighted by Gasteiger charge is -2.44. The molecule has 1 saturated heterocycles. The maximum Gasteiger partial charge on any atom is 0.303 e. The van der Waals surface area contributed by atoms with Gasteiger partial charge in [-0.3, -0.25) is 29.0 Å². The SMILES string of the molecule is CC(=O)N[C@@H]1[C@H](Oc2ccccc2/C=C\C(=O)c2ccncc2)O[C@H](COC(C)=O)[C@@H](OC(C)=O)[C@@H]1OC(C)=O. The summed E-state index contributed by atoms with van der Waals surface area (Å²) < 4.78 is 28.2. The first-order valence-corrected chi connectivity index (χ1v) is 12.3. The molecule has 1 aromatic carbocycles. The second-order valence-electron chi connectivity index (χ2n) is 8.81. The number of rotatable bonds is 10. The molecular weight excluding hydrogens is 524 g/mol. The molecular formula is C28H30N2O10. The molecule has 5 atom stereocenters. The van der Waals surface area contributed by atoms with E-state index in [-0.39, 0.29) is 18.1 Å². The number of nitrogens with zero attached hydrogens (tertiary/aromatic N) is 1. The predicted octanol–water partition coefficient (Wildman–Crippen LogP) is 2.01. The van der Waals surface area contributed by atoms with E-state index in [1.165, 1.54) is 32.3 Å². The Morgan fingerprint density at radius 2 is 1.55 bits per heavy atom. The molecule has 12 heteroatoms. The first-order chi connectivity index (χ1) is 19.0. The van der Waals surface area contributed by atoms with E-state index in [0.717, 1.165) is 13.8 Å². The fourth-order valence-electron chi connectivity index (χ4n) is 4.02. The van der Waals surface area contributed by atoms with Gasteiger partial charge in [-0.2, -0.15) is 0 Å². The van der Waals surface area contributed by atoms with Crippen LogP contribution in [0.15, 0.2) is 54.9 Å². The molecule has 0 aliphatic carbocycles. The number of hydrogen-bond donors (Lipinski definition) is 1. The largest absolute Gasteiger partial charge is 0.463 e. The number of benzene rings is 1. The summed E-state index contributed by atoms with van der Waals surface area (Å²) in [5.41, 5.74) is 0.942. The highest BCUT2D eigenvalue weighted by Crippen LogP contribution is 2.30. The van der Waals surface area contributed by atoms with Gasteiger partial charge in [0.1, 0.15) is 24.5 Å². The van der Waals surface area contributed by atoms with Crippen LogP contribution in [-0.2, 0) is 38.1 Å². The van der Waals surface area contributed by atoms with Crippen molar-refractivity contribution in [1.82, 2.24) is 10.3 Å². The van der Waals surface area contributed by atoms with Gasteiger partial charge in [0.05, 0.1) is 0 Å². The molecule has 12 nitrogen and oxygen atoms in total. The second-order valence-corrected chi connectivity index (χ2v) is 8.81. The first-order valence-electron chi connectivity index (χ1n) is 12.3. The molecule has 1 aromatic heterocycles. The van der Waals surface area contributed by atoms with Crippen LogP contribution in [0, 0.1) is 0 Å². The number of amides is 1. The summed E-state index contributed by atoms with van der Waals surface area (Å²) in [6.07, 6.45) is 1.01. The normalized spacial score (nSPS) is 22.1. The highest BCUT2D eigenvalue weighted by atomic mass is 16.7. The Balaban J connectivity index is 1.97. The van der Waals surface area contributed by atoms with E-state index in [1.807, 2.05) is 0 Å². The lowest BCUT2D eigenvalue weighted by molar-refractivity contribution is -0.257. The highest BCUT2D eigenvalue weighted by molar-refractivity contribution is 6.06. The van der Waals surface area contributed by atoms with E-state index in [1.54, 1.807) is 42.5 Å². The average molecular weight is 555 g/mol. The van der Waals surface area contributed by atoms with Crippen molar-refractivity contribution in [2.24, 2.45) is 0 Å². The molecule has 212 valence electrons. The number of esters is 3. The van der Waals surface area contributed by atoms with Crippen LogP contribution >= 0.6 is 0 Å². The Kier molecular flexibility index (Phi) is 10.5. The number of carbonyl (C=O) groups is 5. The van der Waals surface area contributed by atoms with Crippen LogP contribution in [0.2, 0.25) is 0 Å². The summed E-state index contributed by atoms with van der Waals surface area (Å²) in [5, 5.41) is 2.64. The van der Waals surface area contributed by atoms with Gasteiger partial charge in [-0.05, 0) is 30.4 Å². The molecule has 1 aliphatic heterocycles. The summed E-state index contributed by atoms with van der Waals surface area (Å²) in [6, 6.07) is 8.76. The average Bonchev–Trinajstić information content (AvgIpc) is 2.90. The number of hydrogen-bond acceptors (Lipinski definition) is 11. The van der Waals surface area contributed by atoms with Crippen molar-refractivity contribution in [1.29, 1.82) is 0 Å². The predicted molar refractivity (Wildman–Crippen MR) is 139 cm³/mol. The zero-order valence-electron chi connectivity index (χ0n) is 22.4. The quantitative estimate of drug-likeness (QED) is 0.198. The Morgan fingerprint density at radius 3 is 2.17 bits per heavy atom. The van der Waals surface area contributed by atoms with Gasteiger partial charge in [0.25, 0.3) is 0 Å². The van der Waals surface area contributed by atoms with Gasteiger partial charge in [-0.25, -0.2) is 0 Å². The van der Waals surface area contributed by atoms with Crippen molar-refractivity contribution in [3.8, 4) is 5.75 Å². The number of pyridine rings is 1. The molecule has 0 radical (unpaired) electrons. The monoisotopic (exact) mass is 554 g/mol. The van der Waals surface area contributed by atoms with Crippen LogP contribution in [0.3, 0.4) is 0 Å².